The first-order chi connectivity index (χ1) is 17.1. The maximum atomic E-state index is 11.3. The summed E-state index contributed by atoms with van der Waals surface area (Å²) in [5, 5.41) is 32.9. The smallest absolute Gasteiger partial charge is 0.119 e. The molecule has 1 aliphatic rings. The maximum absolute atomic E-state index is 11.3. The largest absolute Gasteiger partial charge is 0.390 e. The van der Waals surface area contributed by atoms with Gasteiger partial charge in [0.25, 0.3) is 0 Å². The molecule has 35 heavy (non-hydrogen) atoms. The summed E-state index contributed by atoms with van der Waals surface area (Å²) in [4.78, 5) is 0. The van der Waals surface area contributed by atoms with E-state index in [1.54, 1.807) is 0 Å². The van der Waals surface area contributed by atoms with Gasteiger partial charge in [0.1, 0.15) is 5.60 Å². The molecule has 1 aliphatic heterocycles. The zero-order valence-electron chi connectivity index (χ0n) is 22.5. The molecule has 0 saturated carbocycles. The number of aliphatic hydroxyl groups is 3. The number of aliphatic hydroxyl groups excluding tert-OH is 2. The molecule has 4 heteroatoms. The average Bonchev–Trinajstić information content (AvgIpc) is 3.68. The molecule has 2 rings (SSSR count). The number of hydrogen-bond donors (Lipinski definition) is 3. The lowest BCUT2D eigenvalue weighted by Gasteiger charge is -2.37. The van der Waals surface area contributed by atoms with Crippen molar-refractivity contribution in [1.29, 1.82) is 0 Å². The van der Waals surface area contributed by atoms with Gasteiger partial charge < -0.3 is 20.1 Å². The Morgan fingerprint density at radius 1 is 0.743 bits per heavy atom. The molecule has 4 atom stereocenters. The first kappa shape index (κ1) is 30.3. The van der Waals surface area contributed by atoms with Crippen molar-refractivity contribution in [2.45, 2.75) is 153 Å². The Morgan fingerprint density at radius 2 is 1.20 bits per heavy atom. The van der Waals surface area contributed by atoms with Gasteiger partial charge in [-0.15, -0.1) is 0 Å². The third kappa shape index (κ3) is 13.3. The summed E-state index contributed by atoms with van der Waals surface area (Å²) in [5.41, 5.74) is -0.559. The molecule has 1 saturated heterocycles. The minimum Gasteiger partial charge on any atom is -0.390 e. The highest BCUT2D eigenvalue weighted by Gasteiger charge is 2.46. The van der Waals surface area contributed by atoms with Gasteiger partial charge in [0.2, 0.25) is 0 Å². The van der Waals surface area contributed by atoms with Crippen LogP contribution in [0.3, 0.4) is 0 Å². The molecule has 4 nitrogen and oxygen atoms in total. The van der Waals surface area contributed by atoms with Crippen LogP contribution in [0.4, 0.5) is 0 Å². The number of hydrogen-bond acceptors (Lipinski definition) is 4. The lowest BCUT2D eigenvalue weighted by atomic mass is 9.80. The van der Waals surface area contributed by atoms with Crippen molar-refractivity contribution in [1.82, 2.24) is 0 Å². The fourth-order valence-electron chi connectivity index (χ4n) is 5.19. The van der Waals surface area contributed by atoms with Gasteiger partial charge >= 0.3 is 0 Å². The van der Waals surface area contributed by atoms with Gasteiger partial charge in [0.15, 0.2) is 0 Å². The molecule has 0 radical (unpaired) electrons. The van der Waals surface area contributed by atoms with Gasteiger partial charge in [0.05, 0.1) is 24.9 Å². The molecular weight excluding hydrogens is 436 g/mol. The predicted octanol–water partition coefficient (Wildman–Crippen LogP) is 7.12. The van der Waals surface area contributed by atoms with E-state index < -0.39 is 17.8 Å². The monoisotopic (exact) mass is 490 g/mol. The van der Waals surface area contributed by atoms with Crippen molar-refractivity contribution in [2.24, 2.45) is 0 Å². The molecule has 0 spiro atoms. The van der Waals surface area contributed by atoms with Crippen molar-refractivity contribution in [2.75, 3.05) is 6.61 Å². The normalized spacial score (nSPS) is 18.8. The fraction of sp³-hybridized carbons (Fsp3) is 0.806. The second kappa shape index (κ2) is 18.3. The van der Waals surface area contributed by atoms with Crippen molar-refractivity contribution in [3.8, 4) is 0 Å². The Labute approximate surface area is 215 Å². The Bertz CT molecular complexity index is 618. The van der Waals surface area contributed by atoms with Gasteiger partial charge in [-0.3, -0.25) is 0 Å². The third-order valence-electron chi connectivity index (χ3n) is 7.71. The fourth-order valence-corrected chi connectivity index (χ4v) is 5.19. The predicted molar refractivity (Wildman–Crippen MR) is 146 cm³/mol. The van der Waals surface area contributed by atoms with Crippen LogP contribution in [0.25, 0.3) is 0 Å². The molecule has 3 N–H and O–H groups in total. The Hall–Kier alpha value is -0.940. The zero-order valence-corrected chi connectivity index (χ0v) is 22.5. The summed E-state index contributed by atoms with van der Waals surface area (Å²) >= 11 is 0. The van der Waals surface area contributed by atoms with E-state index >= 15 is 0 Å². The lowest BCUT2D eigenvalue weighted by molar-refractivity contribution is -0.154. The van der Waals surface area contributed by atoms with E-state index in [-0.39, 0.29) is 6.10 Å². The van der Waals surface area contributed by atoms with E-state index in [1.807, 2.05) is 30.3 Å². The molecule has 0 amide bonds. The Kier molecular flexibility index (Phi) is 15.9. The average molecular weight is 491 g/mol. The number of benzene rings is 1. The maximum Gasteiger partial charge on any atom is 0.119 e. The lowest BCUT2D eigenvalue weighted by Crippen LogP contribution is -2.54. The van der Waals surface area contributed by atoms with Gasteiger partial charge in [0, 0.05) is 12.8 Å². The van der Waals surface area contributed by atoms with Crippen LogP contribution >= 0.6 is 0 Å². The minimum atomic E-state index is -1.52. The van der Waals surface area contributed by atoms with E-state index in [4.69, 9.17) is 4.74 Å². The Balaban J connectivity index is 1.50. The molecule has 1 fully saturated rings. The molecule has 202 valence electrons. The highest BCUT2D eigenvalue weighted by Crippen LogP contribution is 2.32. The molecule has 4 unspecified atom stereocenters. The summed E-state index contributed by atoms with van der Waals surface area (Å²) in [6.45, 7) is 2.88. The van der Waals surface area contributed by atoms with E-state index in [1.165, 1.54) is 89.9 Å². The van der Waals surface area contributed by atoms with Crippen molar-refractivity contribution in [3.63, 3.8) is 0 Å². The molecule has 0 aliphatic carbocycles. The molecular formula is C31H54O4. The van der Waals surface area contributed by atoms with E-state index in [0.717, 1.165) is 18.4 Å². The quantitative estimate of drug-likeness (QED) is 0.113. The van der Waals surface area contributed by atoms with Crippen LogP contribution in [-0.2, 0) is 11.2 Å². The van der Waals surface area contributed by atoms with Gasteiger partial charge in [-0.05, 0) is 12.0 Å². The molecule has 1 aromatic rings. The molecule has 0 bridgehead atoms. The second-order valence-corrected chi connectivity index (χ2v) is 11.0. The van der Waals surface area contributed by atoms with Crippen LogP contribution < -0.4 is 0 Å². The molecule has 1 aromatic carbocycles. The summed E-state index contributed by atoms with van der Waals surface area (Å²) in [5.74, 6) is 0. The van der Waals surface area contributed by atoms with Crippen molar-refractivity contribution < 1.29 is 20.1 Å². The first-order valence-corrected chi connectivity index (χ1v) is 14.8. The highest BCUT2D eigenvalue weighted by atomic mass is 16.6. The number of ether oxygens (including phenoxy) is 1. The van der Waals surface area contributed by atoms with Gasteiger partial charge in [-0.1, -0.05) is 140 Å². The SMILES string of the molecule is CCCCCCCCCCCCCCCCCCC(O)C(O)(CC1CO1)C(O)Cc1ccccc1. The third-order valence-corrected chi connectivity index (χ3v) is 7.71. The Morgan fingerprint density at radius 3 is 1.66 bits per heavy atom. The molecule has 1 heterocycles. The second-order valence-electron chi connectivity index (χ2n) is 11.0. The summed E-state index contributed by atoms with van der Waals surface area (Å²) in [6, 6.07) is 9.68. The summed E-state index contributed by atoms with van der Waals surface area (Å²) in [7, 11) is 0. The van der Waals surface area contributed by atoms with Crippen molar-refractivity contribution in [3.05, 3.63) is 35.9 Å². The summed E-state index contributed by atoms with van der Waals surface area (Å²) < 4.78 is 5.31. The topological polar surface area (TPSA) is 73.2 Å². The van der Waals surface area contributed by atoms with E-state index in [0.29, 0.717) is 25.9 Å². The van der Waals surface area contributed by atoms with Crippen LogP contribution in [0.5, 0.6) is 0 Å². The van der Waals surface area contributed by atoms with Gasteiger partial charge in [-0.2, -0.15) is 0 Å². The van der Waals surface area contributed by atoms with Crippen molar-refractivity contribution >= 4 is 0 Å². The van der Waals surface area contributed by atoms with E-state index in [9.17, 15) is 15.3 Å². The number of epoxide rings is 1. The van der Waals surface area contributed by atoms with Gasteiger partial charge in [-0.25, -0.2) is 0 Å². The van der Waals surface area contributed by atoms with E-state index in [2.05, 4.69) is 6.92 Å². The highest BCUT2D eigenvalue weighted by molar-refractivity contribution is 5.17. The minimum absolute atomic E-state index is 0.0501. The first-order valence-electron chi connectivity index (χ1n) is 14.8. The van der Waals surface area contributed by atoms with Crippen LogP contribution in [0.15, 0.2) is 30.3 Å². The van der Waals surface area contributed by atoms with Crippen LogP contribution in [0, 0.1) is 0 Å². The van der Waals surface area contributed by atoms with Crippen LogP contribution in [0.2, 0.25) is 0 Å². The number of unbranched alkanes of at least 4 members (excludes halogenated alkanes) is 15. The number of rotatable bonds is 23. The summed E-state index contributed by atoms with van der Waals surface area (Å²) in [6.07, 6.45) is 20.2. The van der Waals surface area contributed by atoms with Crippen LogP contribution in [-0.4, -0.2) is 45.8 Å². The standard InChI is InChI=1S/C31H54O4/c1-2-3-4-5-6-7-8-9-10-11-12-13-14-15-16-20-23-29(32)31(34,25-28-26-35-28)30(33)24-27-21-18-17-19-22-27/h17-19,21-22,28-30,32-34H,2-16,20,23-26H2,1H3. The zero-order chi connectivity index (χ0) is 25.2. The molecule has 0 aromatic heterocycles. The van der Waals surface area contributed by atoms with Crippen LogP contribution in [0.1, 0.15) is 128 Å².